The van der Waals surface area contributed by atoms with Crippen LogP contribution in [0.2, 0.25) is 0 Å². The van der Waals surface area contributed by atoms with E-state index in [0.29, 0.717) is 24.2 Å². The fourth-order valence-electron chi connectivity index (χ4n) is 3.44. The number of methoxy groups -OCH3 is 1. The molecule has 0 aliphatic carbocycles. The summed E-state index contributed by atoms with van der Waals surface area (Å²) in [5, 5.41) is 5.36. The fourth-order valence-corrected chi connectivity index (χ4v) is 4.98. The van der Waals surface area contributed by atoms with Crippen molar-refractivity contribution in [2.75, 3.05) is 44.0 Å². The van der Waals surface area contributed by atoms with Gasteiger partial charge in [-0.3, -0.25) is 10.1 Å². The van der Waals surface area contributed by atoms with Crippen LogP contribution in [0, 0.1) is 11.7 Å². The van der Waals surface area contributed by atoms with E-state index in [-0.39, 0.29) is 37.1 Å². The highest BCUT2D eigenvalue weighted by Crippen LogP contribution is 2.26. The van der Waals surface area contributed by atoms with Crippen molar-refractivity contribution >= 4 is 33.4 Å². The van der Waals surface area contributed by atoms with Gasteiger partial charge in [0, 0.05) is 37.5 Å². The van der Waals surface area contributed by atoms with E-state index in [1.807, 2.05) is 0 Å². The molecule has 1 heterocycles. The minimum absolute atomic E-state index is 0.115. The largest absolute Gasteiger partial charge is 0.447 e. The van der Waals surface area contributed by atoms with Crippen molar-refractivity contribution in [2.45, 2.75) is 17.7 Å². The van der Waals surface area contributed by atoms with Crippen LogP contribution in [0.25, 0.3) is 0 Å². The molecule has 9 nitrogen and oxygen atoms in total. The van der Waals surface area contributed by atoms with Crippen molar-refractivity contribution in [3.05, 3.63) is 54.3 Å². The molecule has 0 bridgehead atoms. The zero-order valence-electron chi connectivity index (χ0n) is 18.1. The summed E-state index contributed by atoms with van der Waals surface area (Å²) >= 11 is 0. The standard InChI is InChI=1S/C22H26FN3O6S/c1-31-13-14-32-22(28)25-18-6-4-5-17(15-18)24-21(27)16-9-11-26(12-10-16)33(29,30)20-8-3-2-7-19(20)23/h2-8,15-16H,9-14H2,1H3,(H,24,27)(H,25,28). The second kappa shape index (κ2) is 11.2. The molecule has 0 atom stereocenters. The molecule has 1 aliphatic rings. The fraction of sp³-hybridized carbons (Fsp3) is 0.364. The van der Waals surface area contributed by atoms with E-state index in [1.165, 1.54) is 29.6 Å². The summed E-state index contributed by atoms with van der Waals surface area (Å²) in [6.45, 7) is 0.626. The van der Waals surface area contributed by atoms with Gasteiger partial charge in [-0.05, 0) is 43.2 Å². The second-order valence-corrected chi connectivity index (χ2v) is 9.34. The number of nitrogens with one attached hydrogen (secondary N) is 2. The number of anilines is 2. The lowest BCUT2D eigenvalue weighted by molar-refractivity contribution is -0.120. The summed E-state index contributed by atoms with van der Waals surface area (Å²) in [5.74, 6) is -1.45. The second-order valence-electron chi connectivity index (χ2n) is 7.43. The summed E-state index contributed by atoms with van der Waals surface area (Å²) in [6.07, 6.45) is -0.0222. The Kier molecular flexibility index (Phi) is 8.37. The third-order valence-corrected chi connectivity index (χ3v) is 7.11. The zero-order chi connectivity index (χ0) is 23.8. The first-order valence-corrected chi connectivity index (χ1v) is 11.8. The molecule has 0 saturated carbocycles. The minimum Gasteiger partial charge on any atom is -0.447 e. The van der Waals surface area contributed by atoms with Gasteiger partial charge in [-0.25, -0.2) is 17.6 Å². The maximum absolute atomic E-state index is 14.0. The molecule has 0 spiro atoms. The number of hydrogen-bond donors (Lipinski definition) is 2. The predicted molar refractivity (Wildman–Crippen MR) is 120 cm³/mol. The summed E-state index contributed by atoms with van der Waals surface area (Å²) in [4.78, 5) is 24.1. The van der Waals surface area contributed by atoms with Crippen molar-refractivity contribution in [1.82, 2.24) is 4.31 Å². The van der Waals surface area contributed by atoms with Crippen LogP contribution in [0.4, 0.5) is 20.6 Å². The summed E-state index contributed by atoms with van der Waals surface area (Å²) in [7, 11) is -2.46. The number of benzene rings is 2. The normalized spacial score (nSPS) is 15.1. The first kappa shape index (κ1) is 24.6. The first-order chi connectivity index (χ1) is 15.8. The van der Waals surface area contributed by atoms with Gasteiger partial charge in [-0.1, -0.05) is 18.2 Å². The molecule has 11 heteroatoms. The van der Waals surface area contributed by atoms with E-state index in [9.17, 15) is 22.4 Å². The number of piperidine rings is 1. The number of carbonyl (C=O) groups excluding carboxylic acids is 2. The number of carbonyl (C=O) groups is 2. The quantitative estimate of drug-likeness (QED) is 0.563. The van der Waals surface area contributed by atoms with Gasteiger partial charge in [0.05, 0.1) is 6.61 Å². The van der Waals surface area contributed by atoms with Crippen molar-refractivity contribution < 1.29 is 31.9 Å². The van der Waals surface area contributed by atoms with Crippen LogP contribution in [0.5, 0.6) is 0 Å². The Morgan fingerprint density at radius 1 is 1.03 bits per heavy atom. The number of rotatable bonds is 8. The molecule has 2 N–H and O–H groups in total. The molecule has 1 aliphatic heterocycles. The predicted octanol–water partition coefficient (Wildman–Crippen LogP) is 3.06. The number of halogens is 1. The van der Waals surface area contributed by atoms with E-state index in [0.717, 1.165) is 6.07 Å². The average Bonchev–Trinajstić information content (AvgIpc) is 2.80. The molecule has 33 heavy (non-hydrogen) atoms. The molecule has 2 aromatic carbocycles. The van der Waals surface area contributed by atoms with Gasteiger partial charge < -0.3 is 14.8 Å². The number of amides is 2. The Morgan fingerprint density at radius 2 is 1.70 bits per heavy atom. The van der Waals surface area contributed by atoms with Gasteiger partial charge in [0.2, 0.25) is 15.9 Å². The lowest BCUT2D eigenvalue weighted by Gasteiger charge is -2.30. The SMILES string of the molecule is COCCOC(=O)Nc1cccc(NC(=O)C2CCN(S(=O)(=O)c3ccccc3F)CC2)c1. The number of ether oxygens (including phenoxy) is 2. The van der Waals surface area contributed by atoms with Crippen LogP contribution in [0.15, 0.2) is 53.4 Å². The Balaban J connectivity index is 1.54. The third-order valence-electron chi connectivity index (χ3n) is 5.18. The molecular formula is C22H26FN3O6S. The van der Waals surface area contributed by atoms with Crippen molar-refractivity contribution in [3.63, 3.8) is 0 Å². The maximum Gasteiger partial charge on any atom is 0.411 e. The average molecular weight is 480 g/mol. The van der Waals surface area contributed by atoms with Gasteiger partial charge in [0.15, 0.2) is 0 Å². The molecule has 3 rings (SSSR count). The lowest BCUT2D eigenvalue weighted by Crippen LogP contribution is -2.41. The Hall–Kier alpha value is -3.02. The van der Waals surface area contributed by atoms with E-state index in [1.54, 1.807) is 24.3 Å². The third kappa shape index (κ3) is 6.50. The Morgan fingerprint density at radius 3 is 2.36 bits per heavy atom. The molecule has 0 aromatic heterocycles. The van der Waals surface area contributed by atoms with Crippen LogP contribution in [0.3, 0.4) is 0 Å². The molecule has 1 fully saturated rings. The van der Waals surface area contributed by atoms with Crippen LogP contribution in [-0.2, 0) is 24.3 Å². The topological polar surface area (TPSA) is 114 Å². The highest BCUT2D eigenvalue weighted by atomic mass is 32.2. The number of nitrogens with zero attached hydrogens (tertiary/aromatic N) is 1. The number of sulfonamides is 1. The first-order valence-electron chi connectivity index (χ1n) is 10.4. The van der Waals surface area contributed by atoms with Crippen LogP contribution < -0.4 is 10.6 Å². The van der Waals surface area contributed by atoms with Gasteiger partial charge in [-0.15, -0.1) is 0 Å². The molecule has 2 aromatic rings. The van der Waals surface area contributed by atoms with Crippen molar-refractivity contribution in [2.24, 2.45) is 5.92 Å². The van der Waals surface area contributed by atoms with E-state index in [2.05, 4.69) is 10.6 Å². The summed E-state index contributed by atoms with van der Waals surface area (Å²) < 4.78 is 50.4. The molecule has 2 amide bonds. The molecular weight excluding hydrogens is 453 g/mol. The van der Waals surface area contributed by atoms with E-state index < -0.39 is 27.9 Å². The molecule has 1 saturated heterocycles. The lowest BCUT2D eigenvalue weighted by atomic mass is 9.97. The summed E-state index contributed by atoms with van der Waals surface area (Å²) in [6, 6.07) is 11.8. The van der Waals surface area contributed by atoms with Crippen molar-refractivity contribution in [1.29, 1.82) is 0 Å². The van der Waals surface area contributed by atoms with E-state index >= 15 is 0 Å². The molecule has 0 unspecified atom stereocenters. The highest BCUT2D eigenvalue weighted by molar-refractivity contribution is 7.89. The zero-order valence-corrected chi connectivity index (χ0v) is 18.9. The van der Waals surface area contributed by atoms with Gasteiger partial charge in [0.25, 0.3) is 0 Å². The Labute approximate surface area is 191 Å². The molecule has 178 valence electrons. The minimum atomic E-state index is -3.96. The maximum atomic E-state index is 14.0. The van der Waals surface area contributed by atoms with Gasteiger partial charge in [-0.2, -0.15) is 4.31 Å². The highest BCUT2D eigenvalue weighted by Gasteiger charge is 2.33. The van der Waals surface area contributed by atoms with Crippen LogP contribution >= 0.6 is 0 Å². The van der Waals surface area contributed by atoms with Gasteiger partial charge in [0.1, 0.15) is 17.3 Å². The summed E-state index contributed by atoms with van der Waals surface area (Å²) in [5.41, 5.74) is 0.928. The van der Waals surface area contributed by atoms with Crippen LogP contribution in [-0.4, -0.2) is 58.1 Å². The van der Waals surface area contributed by atoms with Gasteiger partial charge >= 0.3 is 6.09 Å². The van der Waals surface area contributed by atoms with Crippen LogP contribution in [0.1, 0.15) is 12.8 Å². The molecule has 0 radical (unpaired) electrons. The van der Waals surface area contributed by atoms with Crippen molar-refractivity contribution in [3.8, 4) is 0 Å². The van der Waals surface area contributed by atoms with E-state index in [4.69, 9.17) is 9.47 Å². The monoisotopic (exact) mass is 479 g/mol. The number of hydrogen-bond acceptors (Lipinski definition) is 6. The smallest absolute Gasteiger partial charge is 0.411 e. The Bertz CT molecular complexity index is 1090.